The van der Waals surface area contributed by atoms with Crippen molar-refractivity contribution in [1.82, 2.24) is 4.90 Å². The van der Waals surface area contributed by atoms with Gasteiger partial charge in [-0.2, -0.15) is 0 Å². The van der Waals surface area contributed by atoms with E-state index in [1.165, 1.54) is 0 Å². The Labute approximate surface area is 147 Å². The molecule has 0 radical (unpaired) electrons. The van der Waals surface area contributed by atoms with Crippen molar-refractivity contribution in [2.45, 2.75) is 26.2 Å². The maximum absolute atomic E-state index is 12.4. The number of likely N-dealkylation sites (tertiary alicyclic amines) is 1. The summed E-state index contributed by atoms with van der Waals surface area (Å²) >= 11 is 0. The van der Waals surface area contributed by atoms with E-state index in [-0.39, 0.29) is 24.0 Å². The Kier molecular flexibility index (Phi) is 5.03. The topological polar surface area (TPSA) is 69.6 Å². The summed E-state index contributed by atoms with van der Waals surface area (Å²) in [7, 11) is 0. The molecule has 0 saturated carbocycles. The predicted molar refractivity (Wildman–Crippen MR) is 96.8 cm³/mol. The smallest absolute Gasteiger partial charge is 0.253 e. The summed E-state index contributed by atoms with van der Waals surface area (Å²) in [6, 6.07) is 12.0. The molecule has 0 bridgehead atoms. The average Bonchev–Trinajstić information content (AvgIpc) is 3.10. The first-order valence-electron chi connectivity index (χ1n) is 8.50. The molecule has 1 heterocycles. The highest BCUT2D eigenvalue weighted by atomic mass is 16.3. The van der Waals surface area contributed by atoms with Gasteiger partial charge in [0.05, 0.1) is 6.42 Å². The van der Waals surface area contributed by atoms with Crippen molar-refractivity contribution in [3.8, 4) is 5.75 Å². The number of benzene rings is 2. The summed E-state index contributed by atoms with van der Waals surface area (Å²) in [4.78, 5) is 26.5. The van der Waals surface area contributed by atoms with E-state index in [9.17, 15) is 14.7 Å². The third-order valence-electron chi connectivity index (χ3n) is 4.42. The van der Waals surface area contributed by atoms with Gasteiger partial charge in [0.2, 0.25) is 5.91 Å². The van der Waals surface area contributed by atoms with Crippen molar-refractivity contribution in [3.05, 3.63) is 59.2 Å². The van der Waals surface area contributed by atoms with Crippen molar-refractivity contribution < 1.29 is 14.7 Å². The van der Waals surface area contributed by atoms with Crippen LogP contribution in [0.3, 0.4) is 0 Å². The number of nitrogens with one attached hydrogen (secondary N) is 1. The fourth-order valence-corrected chi connectivity index (χ4v) is 3.09. The minimum atomic E-state index is -0.160. The summed E-state index contributed by atoms with van der Waals surface area (Å²) in [5.74, 6) is 0.0387. The van der Waals surface area contributed by atoms with Gasteiger partial charge in [-0.05, 0) is 61.2 Å². The molecule has 130 valence electrons. The molecule has 2 amide bonds. The molecule has 2 aromatic carbocycles. The van der Waals surface area contributed by atoms with Gasteiger partial charge in [0.1, 0.15) is 5.75 Å². The van der Waals surface area contributed by atoms with Crippen LogP contribution in [0, 0.1) is 6.92 Å². The lowest BCUT2D eigenvalue weighted by molar-refractivity contribution is -0.115. The number of nitrogens with zero attached hydrogens (tertiary/aromatic N) is 1. The zero-order valence-corrected chi connectivity index (χ0v) is 14.3. The van der Waals surface area contributed by atoms with Crippen molar-refractivity contribution in [3.63, 3.8) is 0 Å². The van der Waals surface area contributed by atoms with Gasteiger partial charge in [0.25, 0.3) is 5.91 Å². The summed E-state index contributed by atoms with van der Waals surface area (Å²) in [5, 5.41) is 12.3. The molecule has 5 nitrogen and oxygen atoms in total. The Morgan fingerprint density at radius 2 is 1.88 bits per heavy atom. The molecule has 2 aromatic rings. The van der Waals surface area contributed by atoms with E-state index in [1.807, 2.05) is 17.9 Å². The standard InChI is InChI=1S/C20H22N2O3/c1-14-11-16(20(25)22-9-2-3-10-22)7-8-18(14)21-19(24)13-15-5-4-6-17(23)12-15/h4-8,11-12,23H,2-3,9-10,13H2,1H3,(H,21,24). The van der Waals surface area contributed by atoms with E-state index in [0.717, 1.165) is 37.1 Å². The third kappa shape index (κ3) is 4.18. The molecule has 1 aliphatic heterocycles. The van der Waals surface area contributed by atoms with Crippen molar-refractivity contribution >= 4 is 17.5 Å². The number of phenols is 1. The summed E-state index contributed by atoms with van der Waals surface area (Å²) in [6.07, 6.45) is 2.31. The maximum atomic E-state index is 12.4. The third-order valence-corrected chi connectivity index (χ3v) is 4.42. The summed E-state index contributed by atoms with van der Waals surface area (Å²) in [5.41, 5.74) is 2.96. The van der Waals surface area contributed by atoms with Crippen LogP contribution in [0.5, 0.6) is 5.75 Å². The van der Waals surface area contributed by atoms with Gasteiger partial charge in [-0.15, -0.1) is 0 Å². The van der Waals surface area contributed by atoms with E-state index in [0.29, 0.717) is 11.3 Å². The lowest BCUT2D eigenvalue weighted by atomic mass is 10.1. The number of hydrogen-bond donors (Lipinski definition) is 2. The molecule has 0 unspecified atom stereocenters. The van der Waals surface area contributed by atoms with Crippen LogP contribution in [-0.4, -0.2) is 34.9 Å². The van der Waals surface area contributed by atoms with E-state index >= 15 is 0 Å². The van der Waals surface area contributed by atoms with E-state index in [4.69, 9.17) is 0 Å². The molecule has 3 rings (SSSR count). The minimum Gasteiger partial charge on any atom is -0.508 e. The fourth-order valence-electron chi connectivity index (χ4n) is 3.09. The Hall–Kier alpha value is -2.82. The number of amides is 2. The van der Waals surface area contributed by atoms with Crippen LogP contribution in [0.1, 0.15) is 34.3 Å². The number of aromatic hydroxyl groups is 1. The number of rotatable bonds is 4. The van der Waals surface area contributed by atoms with Gasteiger partial charge >= 0.3 is 0 Å². The van der Waals surface area contributed by atoms with Crippen LogP contribution >= 0.6 is 0 Å². The first-order chi connectivity index (χ1) is 12.0. The van der Waals surface area contributed by atoms with Gasteiger partial charge in [-0.25, -0.2) is 0 Å². The molecular weight excluding hydrogens is 316 g/mol. The Balaban J connectivity index is 1.66. The minimum absolute atomic E-state index is 0.0539. The first kappa shape index (κ1) is 17.0. The van der Waals surface area contributed by atoms with Crippen LogP contribution in [0.25, 0.3) is 0 Å². The molecule has 0 aliphatic carbocycles. The number of hydrogen-bond acceptors (Lipinski definition) is 3. The second-order valence-electron chi connectivity index (χ2n) is 6.42. The first-order valence-corrected chi connectivity index (χ1v) is 8.50. The number of phenolic OH excluding ortho intramolecular Hbond substituents is 1. The number of carbonyl (C=O) groups excluding carboxylic acids is 2. The van der Waals surface area contributed by atoms with Crippen molar-refractivity contribution in [2.75, 3.05) is 18.4 Å². The highest BCUT2D eigenvalue weighted by Crippen LogP contribution is 2.20. The number of anilines is 1. The highest BCUT2D eigenvalue weighted by Gasteiger charge is 2.20. The average molecular weight is 338 g/mol. The molecule has 1 fully saturated rings. The van der Waals surface area contributed by atoms with E-state index in [2.05, 4.69) is 5.32 Å². The molecule has 1 aliphatic rings. The highest BCUT2D eigenvalue weighted by molar-refractivity contribution is 5.97. The van der Waals surface area contributed by atoms with Crippen LogP contribution in [-0.2, 0) is 11.2 Å². The molecule has 2 N–H and O–H groups in total. The number of aryl methyl sites for hydroxylation is 1. The molecule has 1 saturated heterocycles. The molecule has 25 heavy (non-hydrogen) atoms. The van der Waals surface area contributed by atoms with E-state index < -0.39 is 0 Å². The van der Waals surface area contributed by atoms with Crippen LogP contribution in [0.15, 0.2) is 42.5 Å². The molecular formula is C20H22N2O3. The normalized spacial score (nSPS) is 13.7. The molecule has 0 aromatic heterocycles. The zero-order chi connectivity index (χ0) is 17.8. The van der Waals surface area contributed by atoms with Crippen LogP contribution < -0.4 is 5.32 Å². The molecule has 0 spiro atoms. The van der Waals surface area contributed by atoms with Gasteiger partial charge < -0.3 is 15.3 Å². The van der Waals surface area contributed by atoms with Gasteiger partial charge in [0, 0.05) is 24.3 Å². The fraction of sp³-hybridized carbons (Fsp3) is 0.300. The second-order valence-corrected chi connectivity index (χ2v) is 6.42. The van der Waals surface area contributed by atoms with Crippen LogP contribution in [0.4, 0.5) is 5.69 Å². The second kappa shape index (κ2) is 7.38. The monoisotopic (exact) mass is 338 g/mol. The van der Waals surface area contributed by atoms with Crippen LogP contribution in [0.2, 0.25) is 0 Å². The van der Waals surface area contributed by atoms with Gasteiger partial charge in [0.15, 0.2) is 0 Å². The summed E-state index contributed by atoms with van der Waals surface area (Å²) < 4.78 is 0. The molecule has 5 heteroatoms. The SMILES string of the molecule is Cc1cc(C(=O)N2CCCC2)ccc1NC(=O)Cc1cccc(O)c1. The Morgan fingerprint density at radius 1 is 1.12 bits per heavy atom. The predicted octanol–water partition coefficient (Wildman–Crippen LogP) is 3.12. The van der Waals surface area contributed by atoms with Gasteiger partial charge in [-0.1, -0.05) is 12.1 Å². The zero-order valence-electron chi connectivity index (χ0n) is 14.3. The van der Waals surface area contributed by atoms with Crippen molar-refractivity contribution in [2.24, 2.45) is 0 Å². The largest absolute Gasteiger partial charge is 0.508 e. The van der Waals surface area contributed by atoms with Crippen molar-refractivity contribution in [1.29, 1.82) is 0 Å². The Bertz CT molecular complexity index is 795. The van der Waals surface area contributed by atoms with Gasteiger partial charge in [-0.3, -0.25) is 9.59 Å². The lowest BCUT2D eigenvalue weighted by Gasteiger charge is -2.16. The Morgan fingerprint density at radius 3 is 2.56 bits per heavy atom. The molecule has 0 atom stereocenters. The van der Waals surface area contributed by atoms with E-state index in [1.54, 1.807) is 36.4 Å². The summed E-state index contributed by atoms with van der Waals surface area (Å²) in [6.45, 7) is 3.52. The quantitative estimate of drug-likeness (QED) is 0.900. The lowest BCUT2D eigenvalue weighted by Crippen LogP contribution is -2.27. The number of carbonyl (C=O) groups is 2. The maximum Gasteiger partial charge on any atom is 0.253 e.